The Morgan fingerprint density at radius 2 is 1.73 bits per heavy atom. The van der Waals surface area contributed by atoms with Gasteiger partial charge in [-0.25, -0.2) is 0 Å². The van der Waals surface area contributed by atoms with Gasteiger partial charge in [-0.15, -0.1) is 0 Å². The summed E-state index contributed by atoms with van der Waals surface area (Å²) in [6, 6.07) is 18.0. The van der Waals surface area contributed by atoms with Crippen LogP contribution in [0.1, 0.15) is 30.1 Å². The first-order valence-corrected chi connectivity index (χ1v) is 9.36. The van der Waals surface area contributed by atoms with Crippen molar-refractivity contribution in [2.45, 2.75) is 19.8 Å². The standard InChI is InChI=1S/C22H26N2O2/c1-2-23-21(25)16-24-14-6-9-20(15-24)22(26)19-12-10-18(11-13-19)17-7-4-3-5-8-17/h3-5,7-8,10-13,20H,2,6,9,14-16H2,1H3,(H,23,25)/t20-/m1/s1. The number of likely N-dealkylation sites (tertiary alicyclic amines) is 1. The number of Topliss-reactive ketones (excluding diaryl/α,β-unsaturated/α-hetero) is 1. The maximum absolute atomic E-state index is 12.9. The third kappa shape index (κ3) is 4.58. The Kier molecular flexibility index (Phi) is 6.18. The summed E-state index contributed by atoms with van der Waals surface area (Å²) in [5.41, 5.74) is 3.02. The number of ketones is 1. The number of hydrogen-bond donors (Lipinski definition) is 1. The van der Waals surface area contributed by atoms with Crippen molar-refractivity contribution in [3.63, 3.8) is 0 Å². The second kappa shape index (κ2) is 8.77. The molecule has 1 heterocycles. The quantitative estimate of drug-likeness (QED) is 0.813. The van der Waals surface area contributed by atoms with Gasteiger partial charge in [0.1, 0.15) is 0 Å². The normalized spacial score (nSPS) is 17.7. The SMILES string of the molecule is CCNC(=O)CN1CCC[C@@H](C(=O)c2ccc(-c3ccccc3)cc2)C1. The van der Waals surface area contributed by atoms with Crippen molar-refractivity contribution >= 4 is 11.7 Å². The van der Waals surface area contributed by atoms with E-state index >= 15 is 0 Å². The van der Waals surface area contributed by atoms with E-state index in [1.165, 1.54) is 0 Å². The summed E-state index contributed by atoms with van der Waals surface area (Å²) in [7, 11) is 0. The van der Waals surface area contributed by atoms with Gasteiger partial charge in [0.15, 0.2) is 5.78 Å². The molecule has 1 saturated heterocycles. The van der Waals surface area contributed by atoms with Crippen LogP contribution in [0.4, 0.5) is 0 Å². The number of amides is 1. The molecule has 0 aliphatic carbocycles. The molecule has 0 saturated carbocycles. The lowest BCUT2D eigenvalue weighted by Crippen LogP contribution is -2.44. The number of carbonyl (C=O) groups is 2. The molecule has 1 atom stereocenters. The summed E-state index contributed by atoms with van der Waals surface area (Å²) in [5, 5.41) is 2.82. The third-order valence-corrected chi connectivity index (χ3v) is 4.89. The predicted octanol–water partition coefficient (Wildman–Crippen LogP) is 3.38. The maximum atomic E-state index is 12.9. The Morgan fingerprint density at radius 1 is 1.04 bits per heavy atom. The maximum Gasteiger partial charge on any atom is 0.234 e. The first-order valence-electron chi connectivity index (χ1n) is 9.36. The molecule has 26 heavy (non-hydrogen) atoms. The van der Waals surface area contributed by atoms with Crippen molar-refractivity contribution in [3.8, 4) is 11.1 Å². The zero-order valence-electron chi connectivity index (χ0n) is 15.3. The fourth-order valence-corrected chi connectivity index (χ4v) is 3.56. The van der Waals surface area contributed by atoms with Crippen molar-refractivity contribution in [2.24, 2.45) is 5.92 Å². The average Bonchev–Trinajstić information content (AvgIpc) is 2.68. The zero-order chi connectivity index (χ0) is 18.4. The van der Waals surface area contributed by atoms with Gasteiger partial charge in [0.05, 0.1) is 6.54 Å². The van der Waals surface area contributed by atoms with Crippen LogP contribution >= 0.6 is 0 Å². The molecule has 0 spiro atoms. The number of nitrogens with one attached hydrogen (secondary N) is 1. The fourth-order valence-electron chi connectivity index (χ4n) is 3.56. The van der Waals surface area contributed by atoms with Crippen molar-refractivity contribution in [1.82, 2.24) is 10.2 Å². The topological polar surface area (TPSA) is 49.4 Å². The van der Waals surface area contributed by atoms with Crippen LogP contribution in [0.3, 0.4) is 0 Å². The molecule has 1 fully saturated rings. The molecule has 0 bridgehead atoms. The minimum atomic E-state index is -0.0271. The van der Waals surface area contributed by atoms with Gasteiger partial charge in [-0.2, -0.15) is 0 Å². The highest BCUT2D eigenvalue weighted by atomic mass is 16.2. The van der Waals surface area contributed by atoms with E-state index in [0.717, 1.165) is 36.1 Å². The van der Waals surface area contributed by atoms with Gasteiger partial charge in [0.25, 0.3) is 0 Å². The van der Waals surface area contributed by atoms with E-state index in [1.807, 2.05) is 49.4 Å². The average molecular weight is 350 g/mol. The second-order valence-electron chi connectivity index (χ2n) is 6.84. The molecule has 1 aliphatic rings. The fraction of sp³-hybridized carbons (Fsp3) is 0.364. The third-order valence-electron chi connectivity index (χ3n) is 4.89. The molecular formula is C22H26N2O2. The molecule has 1 amide bonds. The second-order valence-corrected chi connectivity index (χ2v) is 6.84. The van der Waals surface area contributed by atoms with E-state index in [0.29, 0.717) is 19.6 Å². The summed E-state index contributed by atoms with van der Waals surface area (Å²) >= 11 is 0. The number of piperidine rings is 1. The van der Waals surface area contributed by atoms with Gasteiger partial charge in [0, 0.05) is 24.6 Å². The summed E-state index contributed by atoms with van der Waals surface area (Å²) in [4.78, 5) is 26.8. The summed E-state index contributed by atoms with van der Waals surface area (Å²) < 4.78 is 0. The van der Waals surface area contributed by atoms with Crippen molar-refractivity contribution in [2.75, 3.05) is 26.2 Å². The van der Waals surface area contributed by atoms with Crippen LogP contribution in [-0.2, 0) is 4.79 Å². The van der Waals surface area contributed by atoms with Crippen LogP contribution < -0.4 is 5.32 Å². The van der Waals surface area contributed by atoms with Gasteiger partial charge < -0.3 is 5.32 Å². The lowest BCUT2D eigenvalue weighted by atomic mass is 9.89. The lowest BCUT2D eigenvalue weighted by Gasteiger charge is -2.31. The van der Waals surface area contributed by atoms with E-state index in [2.05, 4.69) is 22.3 Å². The van der Waals surface area contributed by atoms with Crippen LogP contribution in [0.5, 0.6) is 0 Å². The predicted molar refractivity (Wildman–Crippen MR) is 104 cm³/mol. The Labute approximate surface area is 155 Å². The van der Waals surface area contributed by atoms with E-state index in [4.69, 9.17) is 0 Å². The van der Waals surface area contributed by atoms with Gasteiger partial charge >= 0.3 is 0 Å². The Balaban J connectivity index is 1.64. The molecule has 0 aromatic heterocycles. The number of nitrogens with zero attached hydrogens (tertiary/aromatic N) is 1. The molecule has 4 nitrogen and oxygen atoms in total. The van der Waals surface area contributed by atoms with Gasteiger partial charge in [-0.05, 0) is 37.4 Å². The number of likely N-dealkylation sites (N-methyl/N-ethyl adjacent to an activating group) is 1. The van der Waals surface area contributed by atoms with Gasteiger partial charge in [0.2, 0.25) is 5.91 Å². The van der Waals surface area contributed by atoms with E-state index in [-0.39, 0.29) is 17.6 Å². The number of benzene rings is 2. The molecular weight excluding hydrogens is 324 g/mol. The smallest absolute Gasteiger partial charge is 0.234 e. The number of carbonyl (C=O) groups excluding carboxylic acids is 2. The molecule has 4 heteroatoms. The molecule has 0 unspecified atom stereocenters. The largest absolute Gasteiger partial charge is 0.355 e. The van der Waals surface area contributed by atoms with Gasteiger partial charge in [-0.1, -0.05) is 54.6 Å². The zero-order valence-corrected chi connectivity index (χ0v) is 15.3. The highest BCUT2D eigenvalue weighted by Gasteiger charge is 2.27. The molecule has 0 radical (unpaired) electrons. The molecule has 2 aromatic rings. The minimum absolute atomic E-state index is 0.0271. The Hall–Kier alpha value is -2.46. The molecule has 1 aliphatic heterocycles. The number of rotatable bonds is 6. The van der Waals surface area contributed by atoms with Crippen molar-refractivity contribution in [1.29, 1.82) is 0 Å². The molecule has 136 valence electrons. The van der Waals surface area contributed by atoms with E-state index < -0.39 is 0 Å². The van der Waals surface area contributed by atoms with Crippen LogP contribution in [0, 0.1) is 5.92 Å². The van der Waals surface area contributed by atoms with Crippen LogP contribution in [0.2, 0.25) is 0 Å². The highest BCUT2D eigenvalue weighted by molar-refractivity contribution is 5.98. The Bertz CT molecular complexity index is 740. The van der Waals surface area contributed by atoms with E-state index in [9.17, 15) is 9.59 Å². The van der Waals surface area contributed by atoms with E-state index in [1.54, 1.807) is 0 Å². The first kappa shape index (κ1) is 18.3. The number of hydrogen-bond acceptors (Lipinski definition) is 3. The van der Waals surface area contributed by atoms with Crippen molar-refractivity contribution < 1.29 is 9.59 Å². The molecule has 3 rings (SSSR count). The summed E-state index contributed by atoms with van der Waals surface area (Å²) in [5.74, 6) is 0.193. The molecule has 2 aromatic carbocycles. The van der Waals surface area contributed by atoms with Gasteiger partial charge in [-0.3, -0.25) is 14.5 Å². The lowest BCUT2D eigenvalue weighted by molar-refractivity contribution is -0.122. The monoisotopic (exact) mass is 350 g/mol. The van der Waals surface area contributed by atoms with Crippen LogP contribution in [0.15, 0.2) is 54.6 Å². The van der Waals surface area contributed by atoms with Crippen molar-refractivity contribution in [3.05, 3.63) is 60.2 Å². The Morgan fingerprint density at radius 3 is 2.42 bits per heavy atom. The first-order chi connectivity index (χ1) is 12.7. The molecule has 1 N–H and O–H groups in total. The minimum Gasteiger partial charge on any atom is -0.355 e. The van der Waals surface area contributed by atoms with Crippen LogP contribution in [-0.4, -0.2) is 42.8 Å². The summed E-state index contributed by atoms with van der Waals surface area (Å²) in [6.45, 7) is 4.48. The highest BCUT2D eigenvalue weighted by Crippen LogP contribution is 2.24. The summed E-state index contributed by atoms with van der Waals surface area (Å²) in [6.07, 6.45) is 1.85. The van der Waals surface area contributed by atoms with Crippen LogP contribution in [0.25, 0.3) is 11.1 Å².